The number of nitrogens with one attached hydrogen (secondary N) is 4. The van der Waals surface area contributed by atoms with Gasteiger partial charge in [-0.2, -0.15) is 0 Å². The Morgan fingerprint density at radius 1 is 0.470 bits per heavy atom. The number of carbonyl (C=O) groups excluding carboxylic acids is 8. The molecule has 2 aliphatic carbocycles. The summed E-state index contributed by atoms with van der Waals surface area (Å²) in [5, 5.41) is 11.8. The van der Waals surface area contributed by atoms with Crippen molar-refractivity contribution in [2.24, 2.45) is 22.7 Å². The Morgan fingerprint density at radius 3 is 1.17 bits per heavy atom. The van der Waals surface area contributed by atoms with Crippen molar-refractivity contribution in [3.05, 3.63) is 50.6 Å². The molecule has 0 aliphatic heterocycles. The molecule has 0 aromatic carbocycles. The number of carbonyl (C=O) groups is 8. The Labute approximate surface area is 494 Å². The number of rotatable bonds is 36. The first-order chi connectivity index (χ1) is 38.6. The number of esters is 4. The first-order valence-electron chi connectivity index (χ1n) is 28.5. The van der Waals surface area contributed by atoms with Crippen molar-refractivity contribution in [3.63, 3.8) is 0 Å². The highest BCUT2D eigenvalue weighted by Crippen LogP contribution is 2.42. The van der Waals surface area contributed by atoms with Crippen LogP contribution >= 0.6 is 0 Å². The van der Waals surface area contributed by atoms with Crippen LogP contribution in [-0.2, 0) is 70.7 Å². The van der Waals surface area contributed by atoms with Crippen molar-refractivity contribution in [2.45, 2.75) is 180 Å². The molecular formula is C58H98N4O19Si2. The van der Waals surface area contributed by atoms with Gasteiger partial charge in [-0.3, -0.25) is 0 Å². The SMILES string of the molecule is C=CC(=O)OCC(COC(=O)C=C)COC(=O)NC1CC(C)(C)CC(C)(NC(=O)OC(C)COCCC[Si](C)(C)O[Si](C)(C)CCCOCC(C)OC(=O)NC2CC(C)(C)CC(C)(NC(=O)OCC(COC(=O)C=C)COC(=O)C=C)C2)C1. The van der Waals surface area contributed by atoms with E-state index in [0.29, 0.717) is 51.7 Å². The van der Waals surface area contributed by atoms with Crippen LogP contribution in [0.1, 0.15) is 107 Å². The Hall–Kier alpha value is -5.77. The van der Waals surface area contributed by atoms with E-state index in [0.717, 1.165) is 49.2 Å². The van der Waals surface area contributed by atoms with Gasteiger partial charge in [-0.1, -0.05) is 54.0 Å². The molecular weight excluding hydrogens is 1110 g/mol. The van der Waals surface area contributed by atoms with Gasteiger partial charge in [-0.15, -0.1) is 0 Å². The molecule has 2 saturated carbocycles. The van der Waals surface area contributed by atoms with E-state index in [1.165, 1.54) is 0 Å². The number of amides is 4. The zero-order valence-electron chi connectivity index (χ0n) is 51.5. The first kappa shape index (κ1) is 73.3. The van der Waals surface area contributed by atoms with E-state index in [4.69, 9.17) is 51.5 Å². The minimum absolute atomic E-state index is 0.170. The van der Waals surface area contributed by atoms with Gasteiger partial charge in [-0.05, 0) is 128 Å². The Balaban J connectivity index is 1.72. The third kappa shape index (κ3) is 32.2. The molecule has 4 N–H and O–H groups in total. The summed E-state index contributed by atoms with van der Waals surface area (Å²) < 4.78 is 61.2. The van der Waals surface area contributed by atoms with Crippen LogP contribution < -0.4 is 21.3 Å². The second-order valence-electron chi connectivity index (χ2n) is 25.2. The van der Waals surface area contributed by atoms with Crippen LogP contribution in [0.5, 0.6) is 0 Å². The van der Waals surface area contributed by atoms with Gasteiger partial charge < -0.3 is 72.8 Å². The van der Waals surface area contributed by atoms with Crippen LogP contribution in [0.15, 0.2) is 50.6 Å². The minimum atomic E-state index is -2.05. The molecule has 0 radical (unpaired) electrons. The minimum Gasteiger partial charge on any atom is -0.462 e. The standard InChI is InChI=1S/C58H98N4O19Si2/c1-17-47(63)73-33-43(34-74-48(64)18-2)37-77-51(67)59-45-27-55(7,8)40-58(12,29-45)62-54(70)80-42(6)32-72-24-22-26-83(15,16)81-82(13,14)25-21-23-71-31-41(5)79-52(68)60-46-28-56(9,10)39-57(11,30-46)61-53(69)78-38-44(35-75-49(65)19-3)36-76-50(66)20-4/h17-20,41-46H,1-4,21-40H2,5-16H3,(H,59,67)(H,60,68)(H,61,69)(H,62,70). The van der Waals surface area contributed by atoms with Gasteiger partial charge in [-0.25, -0.2) is 38.4 Å². The van der Waals surface area contributed by atoms with Crippen molar-refractivity contribution in [2.75, 3.05) is 66.1 Å². The number of hydrogen-bond donors (Lipinski definition) is 4. The molecule has 25 heteroatoms. The lowest BCUT2D eigenvalue weighted by Gasteiger charge is -2.46. The first-order valence-corrected chi connectivity index (χ1v) is 34.7. The van der Waals surface area contributed by atoms with E-state index in [9.17, 15) is 38.4 Å². The van der Waals surface area contributed by atoms with Crippen LogP contribution in [-0.4, -0.2) is 166 Å². The fraction of sp³-hybridized carbons (Fsp3) is 0.724. The summed E-state index contributed by atoms with van der Waals surface area (Å²) in [6.07, 6.45) is 5.26. The summed E-state index contributed by atoms with van der Waals surface area (Å²) >= 11 is 0. The van der Waals surface area contributed by atoms with Gasteiger partial charge in [0.1, 0.15) is 51.8 Å². The zero-order valence-corrected chi connectivity index (χ0v) is 53.5. The highest BCUT2D eigenvalue weighted by atomic mass is 28.4. The molecule has 0 aromatic rings. The molecule has 23 nitrogen and oxygen atoms in total. The molecule has 4 amide bonds. The van der Waals surface area contributed by atoms with E-state index in [1.807, 2.05) is 13.8 Å². The maximum absolute atomic E-state index is 13.2. The summed E-state index contributed by atoms with van der Waals surface area (Å²) in [5.74, 6) is -3.95. The quantitative estimate of drug-likeness (QED) is 0.0150. The van der Waals surface area contributed by atoms with Crippen LogP contribution in [0.4, 0.5) is 19.2 Å². The maximum atomic E-state index is 13.2. The van der Waals surface area contributed by atoms with Gasteiger partial charge in [0.05, 0.1) is 25.0 Å². The molecule has 6 unspecified atom stereocenters. The molecule has 2 aliphatic rings. The average Bonchev–Trinajstić information content (AvgIpc) is 3.41. The Morgan fingerprint density at radius 2 is 0.795 bits per heavy atom. The summed E-state index contributed by atoms with van der Waals surface area (Å²) in [6.45, 7) is 38.1. The van der Waals surface area contributed by atoms with Crippen molar-refractivity contribution in [3.8, 4) is 0 Å². The fourth-order valence-corrected chi connectivity index (χ4v) is 19.8. The molecule has 0 bridgehead atoms. The van der Waals surface area contributed by atoms with Gasteiger partial charge in [0.15, 0.2) is 16.6 Å². The van der Waals surface area contributed by atoms with E-state index in [1.54, 1.807) is 13.8 Å². The molecule has 0 spiro atoms. The lowest BCUT2D eigenvalue weighted by Crippen LogP contribution is -2.57. The van der Waals surface area contributed by atoms with Gasteiger partial charge in [0.2, 0.25) is 0 Å². The summed E-state index contributed by atoms with van der Waals surface area (Å²) in [6, 6.07) is 1.11. The van der Waals surface area contributed by atoms with Crippen molar-refractivity contribution in [1.29, 1.82) is 0 Å². The van der Waals surface area contributed by atoms with Crippen molar-refractivity contribution < 1.29 is 89.8 Å². The van der Waals surface area contributed by atoms with E-state index in [2.05, 4.69) is 101 Å². The topological polar surface area (TPSA) is 286 Å². The summed E-state index contributed by atoms with van der Waals surface area (Å²) in [7, 11) is -4.11. The van der Waals surface area contributed by atoms with Gasteiger partial charge in [0.25, 0.3) is 0 Å². The van der Waals surface area contributed by atoms with E-state index >= 15 is 0 Å². The zero-order chi connectivity index (χ0) is 62.7. The third-order valence-corrected chi connectivity index (χ3v) is 21.1. The molecule has 0 heterocycles. The fourth-order valence-electron chi connectivity index (χ4n) is 11.0. The second-order valence-corrected chi connectivity index (χ2v) is 34.1. The van der Waals surface area contributed by atoms with E-state index < -0.39 is 100 Å². The van der Waals surface area contributed by atoms with E-state index in [-0.39, 0.29) is 75.8 Å². The molecule has 472 valence electrons. The van der Waals surface area contributed by atoms with Crippen LogP contribution in [0.25, 0.3) is 0 Å². The number of alkyl carbamates (subject to hydrolysis) is 4. The number of hydrogen-bond acceptors (Lipinski definition) is 19. The summed E-state index contributed by atoms with van der Waals surface area (Å²) in [5.41, 5.74) is -2.00. The van der Waals surface area contributed by atoms with Crippen LogP contribution in [0, 0.1) is 22.7 Å². The van der Waals surface area contributed by atoms with Gasteiger partial charge >= 0.3 is 48.3 Å². The highest BCUT2D eigenvalue weighted by Gasteiger charge is 2.45. The highest BCUT2D eigenvalue weighted by molar-refractivity contribution is 6.84. The molecule has 83 heavy (non-hydrogen) atoms. The lowest BCUT2D eigenvalue weighted by atomic mass is 9.67. The normalized spacial score (nSPS) is 20.8. The molecule has 0 saturated heterocycles. The monoisotopic (exact) mass is 1210 g/mol. The Bertz CT molecular complexity index is 2150. The summed E-state index contributed by atoms with van der Waals surface area (Å²) in [4.78, 5) is 98.7. The third-order valence-electron chi connectivity index (χ3n) is 13.6. The largest absolute Gasteiger partial charge is 0.462 e. The lowest BCUT2D eigenvalue weighted by molar-refractivity contribution is -0.145. The second kappa shape index (κ2) is 34.9. The molecule has 6 atom stereocenters. The smallest absolute Gasteiger partial charge is 0.407 e. The molecule has 2 fully saturated rings. The van der Waals surface area contributed by atoms with Crippen LogP contribution in [0.3, 0.4) is 0 Å². The van der Waals surface area contributed by atoms with Crippen molar-refractivity contribution >= 4 is 64.9 Å². The maximum Gasteiger partial charge on any atom is 0.407 e. The van der Waals surface area contributed by atoms with Crippen molar-refractivity contribution in [1.82, 2.24) is 21.3 Å². The number of ether oxygens (including phenoxy) is 10. The Kier molecular flexibility index (Phi) is 30.8. The van der Waals surface area contributed by atoms with Gasteiger partial charge in [0, 0.05) is 60.7 Å². The van der Waals surface area contributed by atoms with Crippen LogP contribution in [0.2, 0.25) is 38.3 Å². The molecule has 2 rings (SSSR count). The predicted octanol–water partition coefficient (Wildman–Crippen LogP) is 8.73. The average molecular weight is 1210 g/mol. The molecule has 0 aromatic heterocycles. The predicted molar refractivity (Wildman–Crippen MR) is 315 cm³/mol.